The zero-order valence-electron chi connectivity index (χ0n) is 48.5. The smallest absolute Gasteiger partial charge is 0.477 e. The van der Waals surface area contributed by atoms with E-state index in [1.807, 2.05) is 32.0 Å². The van der Waals surface area contributed by atoms with Crippen LogP contribution in [0.15, 0.2) is 29.2 Å². The Morgan fingerprint density at radius 2 is 1.61 bits per heavy atom. The molecule has 0 amide bonds. The number of aliphatic hydroxyl groups excluding tert-OH is 1. The molecule has 2 aromatic rings. The molecule has 4 N–H and O–H groups in total. The van der Waals surface area contributed by atoms with E-state index >= 15 is 0 Å². The quantitative estimate of drug-likeness (QED) is 0.0939. The van der Waals surface area contributed by atoms with Gasteiger partial charge in [0.15, 0.2) is 24.3 Å². The molecule has 1 aromatic carbocycles. The van der Waals surface area contributed by atoms with E-state index in [-0.39, 0.29) is 48.6 Å². The number of nitrogens with one attached hydrogen (secondary N) is 1. The van der Waals surface area contributed by atoms with Gasteiger partial charge in [0.1, 0.15) is 29.7 Å². The van der Waals surface area contributed by atoms with E-state index in [9.17, 15) is 47.7 Å². The molecule has 23 nitrogen and oxygen atoms in total. The van der Waals surface area contributed by atoms with Gasteiger partial charge in [0.05, 0.1) is 58.7 Å². The van der Waals surface area contributed by atoms with Crippen molar-refractivity contribution in [3.63, 3.8) is 0 Å². The number of ketones is 1. The molecule has 24 heteroatoms. The third-order valence-electron chi connectivity index (χ3n) is 16.5. The number of hydrogen-bond donors (Lipinski definition) is 4. The summed E-state index contributed by atoms with van der Waals surface area (Å²) in [4.78, 5) is 68.7. The predicted octanol–water partition coefficient (Wildman–Crippen LogP) is 3.76. The van der Waals surface area contributed by atoms with Crippen LogP contribution >= 0.6 is 0 Å². The molecule has 18 atom stereocenters. The Bertz CT molecular complexity index is 2670. The number of nitrogens with zero attached hydrogens (tertiary/aromatic N) is 3. The fourth-order valence-electron chi connectivity index (χ4n) is 12.1. The Kier molecular flexibility index (Phi) is 20.5. The van der Waals surface area contributed by atoms with E-state index in [0.29, 0.717) is 31.3 Å². The molecule has 79 heavy (non-hydrogen) atoms. The number of pyridine rings is 1. The SMILES string of the molecule is CC[C@H]1OC(=O)[C@H](C)[C@@H](O[C@H]2C[C@@](C)(OC)[C@@H](OS(=O)(=O)CCNCCCc3ccc4c(c3)c(=O)c(C(=O)O)cn4N(C)C)[C@H](C)O2)[C@H](C)[C@@H](O[C@@H]2O[C@H](C)C[C@H](N(C)C)[C@H]2O)[C@](C)(O)C[C@@H](C)C(=O)[C@H](C)[C@H]2OC(=O)O[C@@]21C. The second kappa shape index (κ2) is 25.4. The summed E-state index contributed by atoms with van der Waals surface area (Å²) in [6, 6.07) is 4.91. The van der Waals surface area contributed by atoms with Gasteiger partial charge in [-0.2, -0.15) is 8.42 Å². The highest BCUT2D eigenvalue weighted by molar-refractivity contribution is 7.86. The maximum Gasteiger partial charge on any atom is 0.509 e. The second-order valence-electron chi connectivity index (χ2n) is 23.3. The molecule has 6 rings (SSSR count). The van der Waals surface area contributed by atoms with Gasteiger partial charge in [0.25, 0.3) is 10.1 Å². The molecular weight excluding hydrogens is 1050 g/mol. The number of carbonyl (C=O) groups is 4. The van der Waals surface area contributed by atoms with Crippen molar-refractivity contribution in [1.82, 2.24) is 14.9 Å². The summed E-state index contributed by atoms with van der Waals surface area (Å²) in [5.74, 6) is -6.85. The Hall–Kier alpha value is -4.34. The molecule has 4 aliphatic heterocycles. The third kappa shape index (κ3) is 14.1. The number of aromatic nitrogens is 1. The van der Waals surface area contributed by atoms with Gasteiger partial charge in [-0.1, -0.05) is 33.8 Å². The Morgan fingerprint density at radius 3 is 2.23 bits per heavy atom. The molecule has 0 spiro atoms. The van der Waals surface area contributed by atoms with Crippen molar-refractivity contribution >= 4 is 44.9 Å². The minimum atomic E-state index is -4.23. The second-order valence-corrected chi connectivity index (χ2v) is 25.0. The Labute approximate surface area is 463 Å². The van der Waals surface area contributed by atoms with Crippen molar-refractivity contribution in [1.29, 1.82) is 0 Å². The number of aliphatic hydroxyl groups is 2. The summed E-state index contributed by atoms with van der Waals surface area (Å²) in [6.07, 6.45) is -9.33. The molecule has 0 saturated carbocycles. The number of benzene rings is 1. The van der Waals surface area contributed by atoms with Crippen LogP contribution in [0.1, 0.15) is 117 Å². The van der Waals surface area contributed by atoms with Crippen LogP contribution in [-0.2, 0) is 68.2 Å². The molecular formula is C55H86N4O19S. The summed E-state index contributed by atoms with van der Waals surface area (Å²) in [6.45, 7) is 16.9. The number of aromatic carboxylic acids is 1. The molecule has 0 bridgehead atoms. The van der Waals surface area contributed by atoms with E-state index in [0.717, 1.165) is 5.56 Å². The highest BCUT2D eigenvalue weighted by Crippen LogP contribution is 2.44. The number of ether oxygens (including phenoxy) is 8. The molecule has 0 unspecified atom stereocenters. The van der Waals surface area contributed by atoms with Crippen LogP contribution in [0.3, 0.4) is 0 Å². The van der Waals surface area contributed by atoms with E-state index in [2.05, 4.69) is 5.32 Å². The lowest BCUT2D eigenvalue weighted by atomic mass is 9.74. The summed E-state index contributed by atoms with van der Waals surface area (Å²) >= 11 is 0. The van der Waals surface area contributed by atoms with Gasteiger partial charge >= 0.3 is 18.1 Å². The van der Waals surface area contributed by atoms with Crippen molar-refractivity contribution in [2.24, 2.45) is 23.7 Å². The van der Waals surface area contributed by atoms with Crippen LogP contribution < -0.4 is 15.8 Å². The molecule has 0 aliphatic carbocycles. The largest absolute Gasteiger partial charge is 0.509 e. The molecule has 0 radical (unpaired) electrons. The van der Waals surface area contributed by atoms with Gasteiger partial charge in [0, 0.05) is 63.6 Å². The lowest BCUT2D eigenvalue weighted by molar-refractivity contribution is -0.316. The molecule has 4 aliphatic rings. The Morgan fingerprint density at radius 1 is 0.924 bits per heavy atom. The van der Waals surface area contributed by atoms with Gasteiger partial charge in [0.2, 0.25) is 5.43 Å². The van der Waals surface area contributed by atoms with E-state index in [4.69, 9.17) is 42.1 Å². The molecule has 4 fully saturated rings. The number of likely N-dealkylation sites (N-methyl/N-ethyl adjacent to an activating group) is 1. The van der Waals surface area contributed by atoms with Crippen LogP contribution in [-0.4, -0.2) is 196 Å². The number of carboxylic acids is 1. The van der Waals surface area contributed by atoms with Crippen molar-refractivity contribution in [3.8, 4) is 0 Å². The monoisotopic (exact) mass is 1140 g/mol. The van der Waals surface area contributed by atoms with E-state index in [1.165, 1.54) is 20.2 Å². The molecule has 1 aromatic heterocycles. The number of esters is 1. The fraction of sp³-hybridized carbons (Fsp3) is 0.764. The number of methoxy groups -OCH3 is 1. The van der Waals surface area contributed by atoms with Crippen LogP contribution in [0.25, 0.3) is 10.9 Å². The number of fused-ring (bicyclic) bond motifs is 2. The normalized spacial score (nSPS) is 37.0. The van der Waals surface area contributed by atoms with Crippen LogP contribution in [0, 0.1) is 23.7 Å². The third-order valence-corrected chi connectivity index (χ3v) is 17.8. The number of cyclic esters (lactones) is 1. The number of carboxylic acid groups (broad SMARTS) is 1. The van der Waals surface area contributed by atoms with Gasteiger partial charge in [-0.15, -0.1) is 0 Å². The fourth-order valence-corrected chi connectivity index (χ4v) is 13.3. The highest BCUT2D eigenvalue weighted by atomic mass is 32.2. The lowest BCUT2D eigenvalue weighted by Crippen LogP contribution is -2.61. The first-order valence-electron chi connectivity index (χ1n) is 27.4. The number of Topliss-reactive ketones (excluding diaryl/α,β-unsaturated/α-hetero) is 1. The standard InChI is InChI=1S/C55H86N4O19S/c1-16-40-55(10)47(76-52(66)77-55)31(4)42(60)29(2)26-53(8,67)46(75-51-44(62)39(57(11)12)24-30(3)71-51)32(5)45(33(6)50(65)73-40)74-41-27-54(9,70-15)48(34(7)72-41)78-79(68,69)23-22-56-21-17-18-35-19-20-38-36(25-35)43(61)37(49(63)64)28-59(38)58(13)14/h19-20,25,28-34,39-41,44-48,51,56,62,67H,16-18,21-24,26-27H2,1-15H3,(H,63,64)/t29-,30-,31+,32+,33-,34+,39+,40-,41+,44-,45+,46-,47-,48+,51+,53-,54-,55-/m1/s1. The number of aryl methyl sites for hydroxylation is 1. The van der Waals surface area contributed by atoms with Crippen LogP contribution in [0.5, 0.6) is 0 Å². The maximum absolute atomic E-state index is 14.7. The van der Waals surface area contributed by atoms with Crippen molar-refractivity contribution in [2.75, 3.05) is 59.2 Å². The van der Waals surface area contributed by atoms with Crippen LogP contribution in [0.4, 0.5) is 4.79 Å². The first-order valence-corrected chi connectivity index (χ1v) is 29.0. The van der Waals surface area contributed by atoms with Gasteiger partial charge in [-0.05, 0) is 112 Å². The van der Waals surface area contributed by atoms with Crippen molar-refractivity contribution < 1.29 is 85.0 Å². The first-order chi connectivity index (χ1) is 36.8. The maximum atomic E-state index is 14.7. The zero-order valence-corrected chi connectivity index (χ0v) is 49.3. The number of hydrogen-bond acceptors (Lipinski definition) is 21. The van der Waals surface area contributed by atoms with Crippen molar-refractivity contribution in [3.05, 3.63) is 45.7 Å². The predicted molar refractivity (Wildman–Crippen MR) is 288 cm³/mol. The summed E-state index contributed by atoms with van der Waals surface area (Å²) in [5, 5.41) is 39.2. The highest BCUT2D eigenvalue weighted by Gasteiger charge is 2.59. The zero-order chi connectivity index (χ0) is 58.9. The summed E-state index contributed by atoms with van der Waals surface area (Å²) in [5.41, 5.74) is -4.42. The van der Waals surface area contributed by atoms with Gasteiger partial charge in [-0.25, -0.2) is 9.59 Å². The molecule has 5 heterocycles. The molecule has 4 saturated heterocycles. The average molecular weight is 1140 g/mol. The average Bonchev–Trinajstić information content (AvgIpc) is 3.77. The summed E-state index contributed by atoms with van der Waals surface area (Å²) in [7, 11) is 4.30. The molecule has 446 valence electrons. The minimum absolute atomic E-state index is 0.0330. The first kappa shape index (κ1) is 63.8. The topological polar surface area (TPSA) is 287 Å². The van der Waals surface area contributed by atoms with Crippen LogP contribution in [0.2, 0.25) is 0 Å². The number of carbonyl (C=O) groups excluding carboxylic acids is 3. The van der Waals surface area contributed by atoms with Gasteiger partial charge < -0.3 is 68.4 Å². The van der Waals surface area contributed by atoms with E-state index < -0.39 is 141 Å². The minimum Gasteiger partial charge on any atom is -0.477 e. The number of rotatable bonds is 18. The van der Waals surface area contributed by atoms with Gasteiger partial charge in [-0.3, -0.25) is 23.2 Å². The van der Waals surface area contributed by atoms with E-state index in [1.54, 1.807) is 91.3 Å². The lowest BCUT2D eigenvalue weighted by Gasteiger charge is -2.49. The van der Waals surface area contributed by atoms with Crippen molar-refractivity contribution in [2.45, 2.75) is 192 Å². The summed E-state index contributed by atoms with van der Waals surface area (Å²) < 4.78 is 84.7. The Balaban J connectivity index is 1.21.